The number of rotatable bonds is 10. The first-order chi connectivity index (χ1) is 19.1. The van der Waals surface area contributed by atoms with Crippen molar-refractivity contribution in [2.45, 2.75) is 25.3 Å². The lowest BCUT2D eigenvalue weighted by molar-refractivity contribution is 0.0962. The fourth-order valence-corrected chi connectivity index (χ4v) is 5.94. The quantitative estimate of drug-likeness (QED) is 0.326. The summed E-state index contributed by atoms with van der Waals surface area (Å²) in [6.45, 7) is 4.26. The number of nitriles is 1. The van der Waals surface area contributed by atoms with Gasteiger partial charge in [-0.3, -0.25) is 4.79 Å². The summed E-state index contributed by atoms with van der Waals surface area (Å²) >= 11 is 1.64. The van der Waals surface area contributed by atoms with E-state index in [1.54, 1.807) is 44.7 Å². The van der Waals surface area contributed by atoms with Crippen molar-refractivity contribution in [2.75, 3.05) is 64.7 Å². The maximum atomic E-state index is 11.9. The van der Waals surface area contributed by atoms with Crippen LogP contribution in [0.3, 0.4) is 0 Å². The van der Waals surface area contributed by atoms with Crippen molar-refractivity contribution in [2.24, 2.45) is 0 Å². The molecular weight excluding hydrogens is 510 g/mol. The summed E-state index contributed by atoms with van der Waals surface area (Å²) in [4.78, 5) is 15.3. The summed E-state index contributed by atoms with van der Waals surface area (Å²) in [7, 11) is 4.91. The Kier molecular flexibility index (Phi) is 10.0. The molecule has 0 unspecified atom stereocenters. The van der Waals surface area contributed by atoms with E-state index in [0.717, 1.165) is 71.0 Å². The van der Waals surface area contributed by atoms with Crippen molar-refractivity contribution in [3.63, 3.8) is 0 Å². The SMILES string of the molecule is CNC(=O)c1ccc(NCC#Cc2sc3c(NC4CCN(CCOC)CC4)cccc3c2CC#N)c(OC)c1. The first kappa shape index (κ1) is 28.3. The molecule has 1 aromatic heterocycles. The molecule has 1 aliphatic heterocycles. The van der Waals surface area contributed by atoms with Crippen molar-refractivity contribution in [1.29, 1.82) is 5.26 Å². The number of amides is 1. The predicted molar refractivity (Wildman–Crippen MR) is 158 cm³/mol. The summed E-state index contributed by atoms with van der Waals surface area (Å²) in [6, 6.07) is 14.2. The van der Waals surface area contributed by atoms with Crippen molar-refractivity contribution in [3.05, 3.63) is 52.4 Å². The highest BCUT2D eigenvalue weighted by Crippen LogP contribution is 2.37. The lowest BCUT2D eigenvalue weighted by atomic mass is 10.0. The van der Waals surface area contributed by atoms with E-state index >= 15 is 0 Å². The molecule has 1 amide bonds. The number of hydrogen-bond acceptors (Lipinski definition) is 8. The fraction of sp³-hybridized carbons (Fsp3) is 0.400. The molecular formula is C30H35N5O3S. The number of nitrogens with one attached hydrogen (secondary N) is 3. The Morgan fingerprint density at radius 2 is 2.00 bits per heavy atom. The summed E-state index contributed by atoms with van der Waals surface area (Å²) in [5, 5.41) is 20.3. The molecule has 1 fully saturated rings. The van der Waals surface area contributed by atoms with Crippen LogP contribution in [-0.4, -0.2) is 70.9 Å². The van der Waals surface area contributed by atoms with Crippen LogP contribution in [-0.2, 0) is 11.2 Å². The number of fused-ring (bicyclic) bond motifs is 1. The number of piperidine rings is 1. The molecule has 8 nitrogen and oxygen atoms in total. The Hall–Kier alpha value is -3.76. The number of likely N-dealkylation sites (tertiary alicyclic amines) is 1. The molecule has 0 atom stereocenters. The highest BCUT2D eigenvalue weighted by Gasteiger charge is 2.20. The number of hydrogen-bond donors (Lipinski definition) is 3. The van der Waals surface area contributed by atoms with E-state index in [-0.39, 0.29) is 5.91 Å². The van der Waals surface area contributed by atoms with Gasteiger partial charge in [-0.25, -0.2) is 0 Å². The van der Waals surface area contributed by atoms with Crippen molar-refractivity contribution < 1.29 is 14.3 Å². The van der Waals surface area contributed by atoms with Gasteiger partial charge in [-0.05, 0) is 37.1 Å². The van der Waals surface area contributed by atoms with Crippen molar-refractivity contribution in [3.8, 4) is 23.7 Å². The normalized spacial score (nSPS) is 13.8. The largest absolute Gasteiger partial charge is 0.495 e. The van der Waals surface area contributed by atoms with E-state index in [4.69, 9.17) is 9.47 Å². The molecule has 3 N–H and O–H groups in total. The second-order valence-electron chi connectivity index (χ2n) is 9.33. The zero-order valence-electron chi connectivity index (χ0n) is 22.7. The second-order valence-corrected chi connectivity index (χ2v) is 10.4. The van der Waals surface area contributed by atoms with Gasteiger partial charge >= 0.3 is 0 Å². The minimum absolute atomic E-state index is 0.171. The molecule has 1 aliphatic rings. The van der Waals surface area contributed by atoms with Crippen molar-refractivity contribution >= 4 is 38.7 Å². The molecule has 3 aromatic rings. The van der Waals surface area contributed by atoms with Crippen LogP contribution in [0.5, 0.6) is 5.75 Å². The van der Waals surface area contributed by atoms with Gasteiger partial charge in [-0.15, -0.1) is 11.3 Å². The Morgan fingerprint density at radius 3 is 2.72 bits per heavy atom. The molecule has 9 heteroatoms. The maximum Gasteiger partial charge on any atom is 0.251 e. The van der Waals surface area contributed by atoms with Crippen LogP contribution >= 0.6 is 11.3 Å². The summed E-state index contributed by atoms with van der Waals surface area (Å²) in [6.07, 6.45) is 2.48. The minimum atomic E-state index is -0.171. The molecule has 0 spiro atoms. The van der Waals surface area contributed by atoms with E-state index in [2.05, 4.69) is 57.0 Å². The molecule has 204 valence electrons. The molecule has 4 rings (SSSR count). The Labute approximate surface area is 234 Å². The van der Waals surface area contributed by atoms with Gasteiger partial charge < -0.3 is 30.3 Å². The van der Waals surface area contributed by atoms with Gasteiger partial charge in [-0.1, -0.05) is 24.0 Å². The van der Waals surface area contributed by atoms with E-state index in [1.807, 2.05) is 6.07 Å². The fourth-order valence-electron chi connectivity index (χ4n) is 4.77. The van der Waals surface area contributed by atoms with Gasteiger partial charge in [0, 0.05) is 56.3 Å². The highest BCUT2D eigenvalue weighted by molar-refractivity contribution is 7.20. The first-order valence-electron chi connectivity index (χ1n) is 13.1. The third kappa shape index (κ3) is 7.01. The molecule has 39 heavy (non-hydrogen) atoms. The monoisotopic (exact) mass is 545 g/mol. The van der Waals surface area contributed by atoms with Crippen LogP contribution in [0.4, 0.5) is 11.4 Å². The Bertz CT molecular complexity index is 1390. The van der Waals surface area contributed by atoms with Crippen LogP contribution in [0.2, 0.25) is 0 Å². The predicted octanol–water partition coefficient (Wildman–Crippen LogP) is 4.32. The van der Waals surface area contributed by atoms with Gasteiger partial charge in [0.1, 0.15) is 5.75 Å². The molecule has 2 aromatic carbocycles. The summed E-state index contributed by atoms with van der Waals surface area (Å²) in [5.74, 6) is 6.90. The minimum Gasteiger partial charge on any atom is -0.495 e. The van der Waals surface area contributed by atoms with Gasteiger partial charge in [0.25, 0.3) is 5.91 Å². The van der Waals surface area contributed by atoms with Crippen molar-refractivity contribution in [1.82, 2.24) is 10.2 Å². The van der Waals surface area contributed by atoms with E-state index < -0.39 is 0 Å². The smallest absolute Gasteiger partial charge is 0.251 e. The average Bonchev–Trinajstić information content (AvgIpc) is 3.32. The number of carbonyl (C=O) groups excluding carboxylic acids is 1. The molecule has 0 bridgehead atoms. The first-order valence-corrected chi connectivity index (χ1v) is 13.9. The number of ether oxygens (including phenoxy) is 2. The number of methoxy groups -OCH3 is 2. The average molecular weight is 546 g/mol. The Morgan fingerprint density at radius 1 is 1.18 bits per heavy atom. The lowest BCUT2D eigenvalue weighted by Crippen LogP contribution is -2.40. The lowest BCUT2D eigenvalue weighted by Gasteiger charge is -2.32. The summed E-state index contributed by atoms with van der Waals surface area (Å²) < 4.78 is 11.8. The van der Waals surface area contributed by atoms with Crippen LogP contribution in [0.25, 0.3) is 10.1 Å². The van der Waals surface area contributed by atoms with Crippen LogP contribution in [0, 0.1) is 23.2 Å². The number of thiophene rings is 1. The maximum absolute atomic E-state index is 11.9. The zero-order chi connectivity index (χ0) is 27.6. The standard InChI is InChI=1S/C30H35N5O3S/c1-32-30(36)21-9-10-25(27(20-21)38-3)33-15-5-8-28-23(11-14-31)24-6-4-7-26(29(24)39-28)34-22-12-16-35(17-13-22)18-19-37-2/h4,6-7,9-10,20,22,33-34H,11-13,15-19H2,1-3H3,(H,32,36). The van der Waals surface area contributed by atoms with Gasteiger partial charge in [0.2, 0.25) is 0 Å². The van der Waals surface area contributed by atoms with Crippen LogP contribution in [0.1, 0.15) is 33.6 Å². The third-order valence-electron chi connectivity index (χ3n) is 6.89. The molecule has 1 saturated heterocycles. The third-order valence-corrected chi connectivity index (χ3v) is 8.09. The molecule has 0 saturated carbocycles. The Balaban J connectivity index is 1.48. The number of carbonyl (C=O) groups is 1. The van der Waals surface area contributed by atoms with E-state index in [9.17, 15) is 10.1 Å². The molecule has 2 heterocycles. The van der Waals surface area contributed by atoms with Crippen LogP contribution < -0.4 is 20.7 Å². The molecule has 0 aliphatic carbocycles. The molecule has 0 radical (unpaired) electrons. The van der Waals surface area contributed by atoms with Gasteiger partial charge in [0.05, 0.1) is 53.7 Å². The number of benzene rings is 2. The topological polar surface area (TPSA) is 98.7 Å². The van der Waals surface area contributed by atoms with Gasteiger partial charge in [0.15, 0.2) is 0 Å². The van der Waals surface area contributed by atoms with Crippen LogP contribution in [0.15, 0.2) is 36.4 Å². The van der Waals surface area contributed by atoms with Gasteiger partial charge in [-0.2, -0.15) is 5.26 Å². The summed E-state index contributed by atoms with van der Waals surface area (Å²) in [5.41, 5.74) is 3.38. The van der Waals surface area contributed by atoms with E-state index in [0.29, 0.717) is 30.3 Å². The second kappa shape index (κ2) is 13.9. The highest BCUT2D eigenvalue weighted by atomic mass is 32.1. The number of nitrogens with zero attached hydrogens (tertiary/aromatic N) is 2. The number of anilines is 2. The zero-order valence-corrected chi connectivity index (χ0v) is 23.5. The van der Waals surface area contributed by atoms with E-state index in [1.165, 1.54) is 0 Å².